The van der Waals surface area contributed by atoms with Crippen LogP contribution in [0.5, 0.6) is 0 Å². The SMILES string of the molecule is CN(C)C[C@@]1(O)CCN(C(=O)c2cc3c(s2)CCC3)C1. The Hall–Kier alpha value is -0.910. The predicted octanol–water partition coefficient (Wildman–Crippen LogP) is 1.38. The summed E-state index contributed by atoms with van der Waals surface area (Å²) in [6.45, 7) is 1.72. The normalized spacial score (nSPS) is 25.5. The second kappa shape index (κ2) is 5.13. The van der Waals surface area contributed by atoms with E-state index in [0.29, 0.717) is 26.1 Å². The highest BCUT2D eigenvalue weighted by Gasteiger charge is 2.39. The number of β-amino-alcohol motifs (C(OH)–C–C–N with tert-alkyl or cyclic N) is 1. The van der Waals surface area contributed by atoms with E-state index in [1.165, 1.54) is 16.9 Å². The van der Waals surface area contributed by atoms with E-state index in [9.17, 15) is 9.90 Å². The first-order chi connectivity index (χ1) is 9.47. The Balaban J connectivity index is 1.69. The van der Waals surface area contributed by atoms with Crippen molar-refractivity contribution in [3.63, 3.8) is 0 Å². The standard InChI is InChI=1S/C15H22N2O2S/c1-16(2)9-15(19)6-7-17(10-15)14(18)13-8-11-4-3-5-12(11)20-13/h8,19H,3-7,9-10H2,1-2H3/t15-/m0/s1. The van der Waals surface area contributed by atoms with Crippen molar-refractivity contribution in [3.8, 4) is 0 Å². The second-order valence-electron chi connectivity index (χ2n) is 6.35. The van der Waals surface area contributed by atoms with Crippen LogP contribution in [0, 0.1) is 0 Å². The van der Waals surface area contributed by atoms with Gasteiger partial charge in [-0.1, -0.05) is 0 Å². The van der Waals surface area contributed by atoms with Gasteiger partial charge in [0.05, 0.1) is 17.0 Å². The minimum Gasteiger partial charge on any atom is -0.387 e. The van der Waals surface area contributed by atoms with Crippen molar-refractivity contribution in [2.24, 2.45) is 0 Å². The van der Waals surface area contributed by atoms with Crippen molar-refractivity contribution in [2.45, 2.75) is 31.3 Å². The number of aliphatic hydroxyl groups is 1. The van der Waals surface area contributed by atoms with Gasteiger partial charge in [-0.25, -0.2) is 0 Å². The molecular formula is C15H22N2O2S. The second-order valence-corrected chi connectivity index (χ2v) is 7.49. The smallest absolute Gasteiger partial charge is 0.264 e. The van der Waals surface area contributed by atoms with Crippen LogP contribution in [0.3, 0.4) is 0 Å². The van der Waals surface area contributed by atoms with E-state index in [0.717, 1.165) is 17.7 Å². The molecule has 0 radical (unpaired) electrons. The molecule has 20 heavy (non-hydrogen) atoms. The lowest BCUT2D eigenvalue weighted by atomic mass is 10.0. The molecule has 1 aliphatic heterocycles. The molecule has 1 fully saturated rings. The van der Waals surface area contributed by atoms with E-state index in [4.69, 9.17) is 0 Å². The Kier molecular flexibility index (Phi) is 3.60. The fourth-order valence-corrected chi connectivity index (χ4v) is 4.56. The van der Waals surface area contributed by atoms with Crippen LogP contribution >= 0.6 is 11.3 Å². The molecule has 2 aliphatic rings. The van der Waals surface area contributed by atoms with Crippen LogP contribution in [0.2, 0.25) is 0 Å². The molecule has 1 N–H and O–H groups in total. The summed E-state index contributed by atoms with van der Waals surface area (Å²) >= 11 is 1.65. The highest BCUT2D eigenvalue weighted by Crippen LogP contribution is 2.32. The van der Waals surface area contributed by atoms with Crippen molar-refractivity contribution in [1.82, 2.24) is 9.80 Å². The first kappa shape index (κ1) is 14.0. The Bertz CT molecular complexity index is 504. The molecule has 0 spiro atoms. The van der Waals surface area contributed by atoms with Crippen LogP contribution in [-0.4, -0.2) is 60.1 Å². The number of nitrogens with zero attached hydrogens (tertiary/aromatic N) is 2. The number of rotatable bonds is 3. The summed E-state index contributed by atoms with van der Waals surface area (Å²) in [7, 11) is 3.90. The minimum absolute atomic E-state index is 0.0964. The van der Waals surface area contributed by atoms with Crippen molar-refractivity contribution in [3.05, 3.63) is 21.4 Å². The quantitative estimate of drug-likeness (QED) is 0.916. The average molecular weight is 294 g/mol. The molecule has 5 heteroatoms. The fraction of sp³-hybridized carbons (Fsp3) is 0.667. The fourth-order valence-electron chi connectivity index (χ4n) is 3.34. The van der Waals surface area contributed by atoms with E-state index in [1.807, 2.05) is 23.9 Å². The van der Waals surface area contributed by atoms with E-state index in [1.54, 1.807) is 11.3 Å². The maximum atomic E-state index is 12.5. The van der Waals surface area contributed by atoms with Crippen LogP contribution < -0.4 is 0 Å². The number of fused-ring (bicyclic) bond motifs is 1. The zero-order valence-corrected chi connectivity index (χ0v) is 13.0. The largest absolute Gasteiger partial charge is 0.387 e. The Morgan fingerprint density at radius 3 is 3.00 bits per heavy atom. The first-order valence-corrected chi connectivity index (χ1v) is 8.06. The summed E-state index contributed by atoms with van der Waals surface area (Å²) in [5.74, 6) is 0.0964. The lowest BCUT2D eigenvalue weighted by molar-refractivity contribution is 0.0237. The van der Waals surface area contributed by atoms with Crippen molar-refractivity contribution in [2.75, 3.05) is 33.7 Å². The number of carbonyl (C=O) groups excluding carboxylic acids is 1. The maximum absolute atomic E-state index is 12.5. The first-order valence-electron chi connectivity index (χ1n) is 7.25. The molecule has 1 aromatic heterocycles. The van der Waals surface area contributed by atoms with Gasteiger partial charge in [-0.3, -0.25) is 4.79 Å². The van der Waals surface area contributed by atoms with E-state index >= 15 is 0 Å². The summed E-state index contributed by atoms with van der Waals surface area (Å²) < 4.78 is 0. The number of thiophene rings is 1. The van der Waals surface area contributed by atoms with Crippen molar-refractivity contribution >= 4 is 17.2 Å². The maximum Gasteiger partial charge on any atom is 0.264 e. The predicted molar refractivity (Wildman–Crippen MR) is 80.4 cm³/mol. The Morgan fingerprint density at radius 1 is 1.50 bits per heavy atom. The molecule has 4 nitrogen and oxygen atoms in total. The Morgan fingerprint density at radius 2 is 2.30 bits per heavy atom. The third kappa shape index (κ3) is 2.62. The van der Waals surface area contributed by atoms with Crippen LogP contribution in [0.1, 0.15) is 33.0 Å². The lowest BCUT2D eigenvalue weighted by Gasteiger charge is -2.26. The molecule has 3 rings (SSSR count). The molecule has 1 saturated heterocycles. The average Bonchev–Trinajstić information content (AvgIpc) is 3.00. The molecule has 0 bridgehead atoms. The van der Waals surface area contributed by atoms with Crippen molar-refractivity contribution in [1.29, 1.82) is 0 Å². The topological polar surface area (TPSA) is 43.8 Å². The monoisotopic (exact) mass is 294 g/mol. The molecule has 0 unspecified atom stereocenters. The molecule has 1 atom stereocenters. The van der Waals surface area contributed by atoms with Crippen LogP contribution in [0.4, 0.5) is 0 Å². The molecule has 1 amide bonds. The molecular weight excluding hydrogens is 272 g/mol. The molecule has 110 valence electrons. The molecule has 0 aromatic carbocycles. The number of hydrogen-bond donors (Lipinski definition) is 1. The molecule has 1 aliphatic carbocycles. The summed E-state index contributed by atoms with van der Waals surface area (Å²) in [5, 5.41) is 10.5. The van der Waals surface area contributed by atoms with Gasteiger partial charge in [0.15, 0.2) is 0 Å². The number of carbonyl (C=O) groups is 1. The van der Waals surface area contributed by atoms with Gasteiger partial charge in [-0.15, -0.1) is 11.3 Å². The van der Waals surface area contributed by atoms with E-state index < -0.39 is 5.60 Å². The number of likely N-dealkylation sites (tertiary alicyclic amines) is 1. The number of amides is 1. The van der Waals surface area contributed by atoms with Gasteiger partial charge in [0.25, 0.3) is 5.91 Å². The summed E-state index contributed by atoms with van der Waals surface area (Å²) in [5.41, 5.74) is 0.611. The zero-order valence-electron chi connectivity index (χ0n) is 12.2. The van der Waals surface area contributed by atoms with Crippen LogP contribution in [0.25, 0.3) is 0 Å². The number of aryl methyl sites for hydroxylation is 2. The minimum atomic E-state index is -0.751. The summed E-state index contributed by atoms with van der Waals surface area (Å²) in [6, 6.07) is 2.07. The number of likely N-dealkylation sites (N-methyl/N-ethyl adjacent to an activating group) is 1. The molecule has 0 saturated carbocycles. The number of hydrogen-bond acceptors (Lipinski definition) is 4. The van der Waals surface area contributed by atoms with E-state index in [2.05, 4.69) is 6.07 Å². The van der Waals surface area contributed by atoms with Gasteiger partial charge >= 0.3 is 0 Å². The lowest BCUT2D eigenvalue weighted by Crippen LogP contribution is -2.43. The van der Waals surface area contributed by atoms with Crippen molar-refractivity contribution < 1.29 is 9.90 Å². The molecule has 1 aromatic rings. The van der Waals surface area contributed by atoms with Gasteiger partial charge in [0.1, 0.15) is 0 Å². The van der Waals surface area contributed by atoms with Gasteiger partial charge in [-0.05, 0) is 51.4 Å². The van der Waals surface area contributed by atoms with E-state index in [-0.39, 0.29) is 5.91 Å². The molecule has 2 heterocycles. The van der Waals surface area contributed by atoms with Gasteiger partial charge in [-0.2, -0.15) is 0 Å². The third-order valence-electron chi connectivity index (χ3n) is 4.19. The van der Waals surface area contributed by atoms with Gasteiger partial charge < -0.3 is 14.9 Å². The zero-order chi connectivity index (χ0) is 14.3. The van der Waals surface area contributed by atoms with Crippen LogP contribution in [0.15, 0.2) is 6.07 Å². The highest BCUT2D eigenvalue weighted by atomic mass is 32.1. The van der Waals surface area contributed by atoms with Crippen LogP contribution in [-0.2, 0) is 12.8 Å². The van der Waals surface area contributed by atoms with Gasteiger partial charge in [0, 0.05) is 18.0 Å². The van der Waals surface area contributed by atoms with Gasteiger partial charge in [0.2, 0.25) is 0 Å². The highest BCUT2D eigenvalue weighted by molar-refractivity contribution is 7.14. The Labute approximate surface area is 124 Å². The summed E-state index contributed by atoms with van der Waals surface area (Å²) in [6.07, 6.45) is 4.13. The summed E-state index contributed by atoms with van der Waals surface area (Å²) in [4.78, 5) is 18.6. The third-order valence-corrected chi connectivity index (χ3v) is 5.41.